The Labute approximate surface area is 167 Å². The van der Waals surface area contributed by atoms with Crippen LogP contribution in [-0.4, -0.2) is 36.5 Å². The Morgan fingerprint density at radius 3 is 2.19 bits per heavy atom. The molecule has 0 spiro atoms. The monoisotopic (exact) mass is 377 g/mol. The maximum Gasteiger partial charge on any atom is 0.0897 e. The van der Waals surface area contributed by atoms with E-state index < -0.39 is 6.10 Å². The van der Waals surface area contributed by atoms with Crippen molar-refractivity contribution in [2.75, 3.05) is 19.8 Å². The fraction of sp³-hybridized carbons (Fsp3) is 0.750. The number of aryl methyl sites for hydroxylation is 1. The Kier molecular flexibility index (Phi) is 12.6. The molecule has 0 amide bonds. The van der Waals surface area contributed by atoms with Crippen molar-refractivity contribution >= 4 is 0 Å². The van der Waals surface area contributed by atoms with E-state index in [0.29, 0.717) is 13.2 Å². The van der Waals surface area contributed by atoms with Crippen LogP contribution < -0.4 is 5.32 Å². The molecule has 0 fully saturated rings. The van der Waals surface area contributed by atoms with Crippen LogP contribution in [0.5, 0.6) is 0 Å². The van der Waals surface area contributed by atoms with Gasteiger partial charge in [0.25, 0.3) is 0 Å². The maximum absolute atomic E-state index is 10.2. The van der Waals surface area contributed by atoms with Gasteiger partial charge >= 0.3 is 0 Å². The number of hydrogen-bond donors (Lipinski definition) is 2. The average molecular weight is 378 g/mol. The zero-order chi connectivity index (χ0) is 20.0. The molecule has 0 heterocycles. The van der Waals surface area contributed by atoms with Gasteiger partial charge in [-0.05, 0) is 39.2 Å². The second-order valence-electron chi connectivity index (χ2n) is 8.63. The van der Waals surface area contributed by atoms with E-state index in [0.717, 1.165) is 19.4 Å². The maximum atomic E-state index is 10.2. The van der Waals surface area contributed by atoms with E-state index in [9.17, 15) is 5.11 Å². The average Bonchev–Trinajstić information content (AvgIpc) is 2.63. The van der Waals surface area contributed by atoms with Crippen LogP contribution in [0, 0.1) is 6.92 Å². The third kappa shape index (κ3) is 13.0. The second-order valence-corrected chi connectivity index (χ2v) is 8.63. The highest BCUT2D eigenvalue weighted by Crippen LogP contribution is 2.13. The normalized spacial score (nSPS) is 13.1. The molecule has 0 aliphatic carbocycles. The van der Waals surface area contributed by atoms with Crippen molar-refractivity contribution in [1.29, 1.82) is 0 Å². The lowest BCUT2D eigenvalue weighted by atomic mass is 9.94. The molecule has 2 N–H and O–H groups in total. The Hall–Kier alpha value is -0.900. The minimum Gasteiger partial charge on any atom is -0.389 e. The zero-order valence-corrected chi connectivity index (χ0v) is 18.2. The molecule has 0 aliphatic rings. The van der Waals surface area contributed by atoms with Gasteiger partial charge in [-0.1, -0.05) is 81.7 Å². The number of benzene rings is 1. The van der Waals surface area contributed by atoms with Crippen molar-refractivity contribution in [3.63, 3.8) is 0 Å². The number of β-amino-alcohol motifs (C(OH)–C–C–N with tert-alkyl or cyclic N) is 1. The molecule has 1 atom stereocenters. The van der Waals surface area contributed by atoms with E-state index in [1.165, 1.54) is 56.1 Å². The molecule has 1 aromatic carbocycles. The first-order valence-corrected chi connectivity index (χ1v) is 11.0. The first-order chi connectivity index (χ1) is 12.9. The molecule has 1 rings (SSSR count). The van der Waals surface area contributed by atoms with Crippen molar-refractivity contribution in [3.8, 4) is 0 Å². The van der Waals surface area contributed by atoms with Crippen LogP contribution in [0.3, 0.4) is 0 Å². The number of nitrogens with one attached hydrogen (secondary N) is 1. The van der Waals surface area contributed by atoms with E-state index in [2.05, 4.69) is 57.3 Å². The summed E-state index contributed by atoms with van der Waals surface area (Å²) in [6.45, 7) is 10.5. The molecular weight excluding hydrogens is 334 g/mol. The predicted molar refractivity (Wildman–Crippen MR) is 116 cm³/mol. The highest BCUT2D eigenvalue weighted by atomic mass is 16.5. The minimum absolute atomic E-state index is 0.0476. The van der Waals surface area contributed by atoms with Crippen molar-refractivity contribution in [3.05, 3.63) is 35.4 Å². The van der Waals surface area contributed by atoms with Crippen molar-refractivity contribution in [2.24, 2.45) is 0 Å². The summed E-state index contributed by atoms with van der Waals surface area (Å²) < 4.78 is 5.65. The van der Waals surface area contributed by atoms with Crippen LogP contribution in [0.4, 0.5) is 0 Å². The van der Waals surface area contributed by atoms with Crippen LogP contribution >= 0.6 is 0 Å². The number of hydrogen-bond acceptors (Lipinski definition) is 3. The Bertz CT molecular complexity index is 470. The summed E-state index contributed by atoms with van der Waals surface area (Å²) in [5.74, 6) is 0. The summed E-state index contributed by atoms with van der Waals surface area (Å²) in [7, 11) is 0. The van der Waals surface area contributed by atoms with E-state index in [1.807, 2.05) is 0 Å². The Balaban J connectivity index is 2.04. The van der Waals surface area contributed by atoms with E-state index >= 15 is 0 Å². The van der Waals surface area contributed by atoms with Gasteiger partial charge in [-0.25, -0.2) is 0 Å². The molecule has 27 heavy (non-hydrogen) atoms. The lowest BCUT2D eigenvalue weighted by Gasteiger charge is -2.28. The zero-order valence-electron chi connectivity index (χ0n) is 18.2. The summed E-state index contributed by atoms with van der Waals surface area (Å²) in [5, 5.41) is 13.6. The molecule has 0 aliphatic heterocycles. The van der Waals surface area contributed by atoms with E-state index in [4.69, 9.17) is 4.74 Å². The van der Waals surface area contributed by atoms with Crippen molar-refractivity contribution in [2.45, 2.75) is 97.1 Å². The molecule has 3 heteroatoms. The third-order valence-corrected chi connectivity index (χ3v) is 5.04. The molecule has 0 saturated heterocycles. The standard InChI is InChI=1S/C24H43NO2/c1-5-6-7-8-9-10-11-12-17-27-20-23(26)19-25-24(3,4)18-22-15-13-21(2)14-16-22/h13-16,23,25-26H,5-12,17-20H2,1-4H3. The SMILES string of the molecule is CCCCCCCCCCOCC(O)CNC(C)(C)Cc1ccc(C)cc1. The van der Waals surface area contributed by atoms with Gasteiger partial charge in [0.1, 0.15) is 0 Å². The quantitative estimate of drug-likeness (QED) is 0.378. The summed E-state index contributed by atoms with van der Waals surface area (Å²) >= 11 is 0. The second kappa shape index (κ2) is 14.1. The summed E-state index contributed by atoms with van der Waals surface area (Å²) in [6.07, 6.45) is 10.9. The fourth-order valence-corrected chi connectivity index (χ4v) is 3.29. The largest absolute Gasteiger partial charge is 0.389 e. The molecule has 3 nitrogen and oxygen atoms in total. The minimum atomic E-state index is -0.448. The van der Waals surface area contributed by atoms with Gasteiger partial charge < -0.3 is 15.2 Å². The molecule has 0 saturated carbocycles. The van der Waals surface area contributed by atoms with E-state index in [1.54, 1.807) is 0 Å². The number of unbranched alkanes of at least 4 members (excludes halogenated alkanes) is 7. The summed E-state index contributed by atoms with van der Waals surface area (Å²) in [4.78, 5) is 0. The van der Waals surface area contributed by atoms with E-state index in [-0.39, 0.29) is 5.54 Å². The molecule has 0 radical (unpaired) electrons. The molecule has 0 bridgehead atoms. The van der Waals surface area contributed by atoms with Gasteiger partial charge in [-0.2, -0.15) is 0 Å². The van der Waals surface area contributed by atoms with Crippen LogP contribution in [0.25, 0.3) is 0 Å². The van der Waals surface area contributed by atoms with Gasteiger partial charge in [0.05, 0.1) is 12.7 Å². The lowest BCUT2D eigenvalue weighted by Crippen LogP contribution is -2.46. The van der Waals surface area contributed by atoms with Gasteiger partial charge in [0, 0.05) is 18.7 Å². The van der Waals surface area contributed by atoms with Gasteiger partial charge in [-0.3, -0.25) is 0 Å². The van der Waals surface area contributed by atoms with Crippen molar-refractivity contribution in [1.82, 2.24) is 5.32 Å². The Morgan fingerprint density at radius 1 is 0.963 bits per heavy atom. The van der Waals surface area contributed by atoms with Gasteiger partial charge in [0.2, 0.25) is 0 Å². The Morgan fingerprint density at radius 2 is 1.56 bits per heavy atom. The first-order valence-electron chi connectivity index (χ1n) is 11.0. The molecule has 1 aromatic rings. The molecular formula is C24H43NO2. The van der Waals surface area contributed by atoms with Gasteiger partial charge in [0.15, 0.2) is 0 Å². The number of aliphatic hydroxyl groups is 1. The number of aliphatic hydroxyl groups excluding tert-OH is 1. The molecule has 1 unspecified atom stereocenters. The van der Waals surface area contributed by atoms with Crippen LogP contribution in [0.15, 0.2) is 24.3 Å². The smallest absolute Gasteiger partial charge is 0.0897 e. The summed E-state index contributed by atoms with van der Waals surface area (Å²) in [6, 6.07) is 8.67. The predicted octanol–water partition coefficient (Wildman–Crippen LogP) is 5.42. The first kappa shape index (κ1) is 24.1. The van der Waals surface area contributed by atoms with Gasteiger partial charge in [-0.15, -0.1) is 0 Å². The lowest BCUT2D eigenvalue weighted by molar-refractivity contribution is 0.0321. The summed E-state index contributed by atoms with van der Waals surface area (Å²) in [5.41, 5.74) is 2.56. The third-order valence-electron chi connectivity index (χ3n) is 5.04. The topological polar surface area (TPSA) is 41.5 Å². The molecule has 156 valence electrons. The molecule has 0 aromatic heterocycles. The van der Waals surface area contributed by atoms with Crippen LogP contribution in [-0.2, 0) is 11.2 Å². The number of ether oxygens (including phenoxy) is 1. The highest BCUT2D eigenvalue weighted by molar-refractivity contribution is 5.22. The highest BCUT2D eigenvalue weighted by Gasteiger charge is 2.19. The number of rotatable bonds is 16. The van der Waals surface area contributed by atoms with Crippen molar-refractivity contribution < 1.29 is 9.84 Å². The fourth-order valence-electron chi connectivity index (χ4n) is 3.29. The van der Waals surface area contributed by atoms with Crippen LogP contribution in [0.2, 0.25) is 0 Å². The van der Waals surface area contributed by atoms with Crippen LogP contribution in [0.1, 0.15) is 83.3 Å².